The molecule has 0 bridgehead atoms. The van der Waals surface area contributed by atoms with Crippen molar-refractivity contribution in [3.05, 3.63) is 0 Å². The van der Waals surface area contributed by atoms with Crippen molar-refractivity contribution in [2.75, 3.05) is 20.3 Å². The van der Waals surface area contributed by atoms with Crippen LogP contribution in [0.25, 0.3) is 0 Å². The van der Waals surface area contributed by atoms with Crippen LogP contribution in [-0.2, 0) is 14.2 Å². The van der Waals surface area contributed by atoms with Gasteiger partial charge in [-0.1, -0.05) is 13.8 Å². The average molecular weight is 322 g/mol. The van der Waals surface area contributed by atoms with Gasteiger partial charge in [0, 0.05) is 18.4 Å². The summed E-state index contributed by atoms with van der Waals surface area (Å²) in [7, 11) is 1.42. The fourth-order valence-electron chi connectivity index (χ4n) is 3.41. The molecule has 0 spiro atoms. The maximum Gasteiger partial charge on any atom is 0.183 e. The Labute approximate surface area is 129 Å². The predicted octanol–water partition coefficient (Wildman–Crippen LogP) is -2.17. The Morgan fingerprint density at radius 1 is 0.909 bits per heavy atom. The second-order valence-electron chi connectivity index (χ2n) is 6.65. The average Bonchev–Trinajstić information content (AvgIpc) is 2.47. The molecule has 2 aliphatic rings. The van der Waals surface area contributed by atoms with E-state index in [1.165, 1.54) is 7.11 Å². The molecule has 0 aliphatic carbocycles. The van der Waals surface area contributed by atoms with E-state index in [1.54, 1.807) is 13.8 Å². The highest BCUT2D eigenvalue weighted by atomic mass is 16.6. The smallest absolute Gasteiger partial charge is 0.183 e. The summed E-state index contributed by atoms with van der Waals surface area (Å²) in [6.07, 6.45) is -7.77. The Morgan fingerprint density at radius 2 is 1.55 bits per heavy atom. The lowest BCUT2D eigenvalue weighted by Crippen LogP contribution is -2.63. The molecule has 2 saturated heterocycles. The molecular weight excluding hydrogens is 296 g/mol. The van der Waals surface area contributed by atoms with Crippen molar-refractivity contribution in [2.45, 2.75) is 56.8 Å². The quantitative estimate of drug-likeness (QED) is 0.397. The third-order valence-electron chi connectivity index (χ3n) is 4.93. The first-order chi connectivity index (χ1) is 10.2. The van der Waals surface area contributed by atoms with Crippen molar-refractivity contribution in [3.8, 4) is 0 Å². The van der Waals surface area contributed by atoms with Crippen LogP contribution in [0.1, 0.15) is 13.8 Å². The largest absolute Gasteiger partial charge is 0.388 e. The van der Waals surface area contributed by atoms with Gasteiger partial charge in [-0.05, 0) is 0 Å². The zero-order valence-electron chi connectivity index (χ0n) is 13.0. The molecular formula is C14H26O8. The Morgan fingerprint density at radius 3 is 2.14 bits per heavy atom. The third-order valence-corrected chi connectivity index (χ3v) is 4.93. The summed E-state index contributed by atoms with van der Waals surface area (Å²) >= 11 is 0. The van der Waals surface area contributed by atoms with Crippen LogP contribution in [0.15, 0.2) is 0 Å². The van der Waals surface area contributed by atoms with Gasteiger partial charge in [-0.15, -0.1) is 0 Å². The monoisotopic (exact) mass is 322 g/mol. The minimum absolute atomic E-state index is 0.0945. The van der Waals surface area contributed by atoms with Crippen LogP contribution in [0.3, 0.4) is 0 Å². The summed E-state index contributed by atoms with van der Waals surface area (Å²) in [4.78, 5) is 0. The predicted molar refractivity (Wildman–Crippen MR) is 73.8 cm³/mol. The Hall–Kier alpha value is -0.320. The lowest BCUT2D eigenvalue weighted by Gasteiger charge is -2.51. The molecule has 2 aliphatic heterocycles. The van der Waals surface area contributed by atoms with Crippen molar-refractivity contribution in [3.63, 3.8) is 0 Å². The molecule has 0 amide bonds. The van der Waals surface area contributed by atoms with E-state index >= 15 is 0 Å². The van der Waals surface area contributed by atoms with Crippen molar-refractivity contribution in [1.82, 2.24) is 0 Å². The molecule has 0 radical (unpaired) electrons. The highest BCUT2D eigenvalue weighted by molar-refractivity contribution is 5.01. The molecule has 5 N–H and O–H groups in total. The second kappa shape index (κ2) is 6.66. The Kier molecular flexibility index (Phi) is 5.46. The standard InChI is InChI=1S/C14H26O8/c1-14(2,12-9(17)8(16)7(15)5-21-12)6-4-22-13(19)10(18)11(6)20-3/h6-13,15-19H,4-5H2,1-3H3. The van der Waals surface area contributed by atoms with Gasteiger partial charge < -0.3 is 39.7 Å². The fraction of sp³-hybridized carbons (Fsp3) is 1.00. The van der Waals surface area contributed by atoms with Crippen molar-refractivity contribution < 1.29 is 39.7 Å². The molecule has 2 heterocycles. The third kappa shape index (κ3) is 3.02. The molecule has 2 fully saturated rings. The van der Waals surface area contributed by atoms with Gasteiger partial charge in [0.25, 0.3) is 0 Å². The van der Waals surface area contributed by atoms with Crippen LogP contribution in [0, 0.1) is 11.3 Å². The van der Waals surface area contributed by atoms with Crippen LogP contribution in [-0.4, -0.2) is 88.8 Å². The second-order valence-corrected chi connectivity index (χ2v) is 6.65. The summed E-state index contributed by atoms with van der Waals surface area (Å²) in [5, 5.41) is 49.3. The number of ether oxygens (including phenoxy) is 3. The number of hydrogen-bond donors (Lipinski definition) is 5. The lowest BCUT2D eigenvalue weighted by atomic mass is 9.67. The molecule has 2 rings (SSSR count). The van der Waals surface area contributed by atoms with Gasteiger partial charge in [0.1, 0.15) is 24.4 Å². The topological polar surface area (TPSA) is 129 Å². The van der Waals surface area contributed by atoms with Crippen molar-refractivity contribution in [2.24, 2.45) is 11.3 Å². The van der Waals surface area contributed by atoms with E-state index in [2.05, 4.69) is 0 Å². The molecule has 22 heavy (non-hydrogen) atoms. The van der Waals surface area contributed by atoms with Gasteiger partial charge in [0.15, 0.2) is 6.29 Å². The number of aliphatic hydroxyl groups is 5. The highest BCUT2D eigenvalue weighted by Gasteiger charge is 2.53. The number of methoxy groups -OCH3 is 1. The number of rotatable bonds is 3. The SMILES string of the molecule is COC1C(O)C(O)OCC1C(C)(C)C1OCC(O)C(O)C1O. The first kappa shape index (κ1) is 18.0. The van der Waals surface area contributed by atoms with E-state index in [0.29, 0.717) is 0 Å². The minimum atomic E-state index is -1.33. The van der Waals surface area contributed by atoms with E-state index in [4.69, 9.17) is 14.2 Å². The first-order valence-corrected chi connectivity index (χ1v) is 7.38. The summed E-state index contributed by atoms with van der Waals surface area (Å²) in [5.74, 6) is -0.391. The molecule has 8 unspecified atom stereocenters. The zero-order chi connectivity index (χ0) is 16.7. The van der Waals surface area contributed by atoms with Gasteiger partial charge in [0.2, 0.25) is 0 Å². The molecule has 0 saturated carbocycles. The molecule has 0 aromatic carbocycles. The van der Waals surface area contributed by atoms with Gasteiger partial charge in [-0.3, -0.25) is 0 Å². The molecule has 8 atom stereocenters. The van der Waals surface area contributed by atoms with Crippen LogP contribution >= 0.6 is 0 Å². The lowest BCUT2D eigenvalue weighted by molar-refractivity contribution is -0.281. The highest BCUT2D eigenvalue weighted by Crippen LogP contribution is 2.42. The first-order valence-electron chi connectivity index (χ1n) is 7.38. The minimum Gasteiger partial charge on any atom is -0.388 e. The van der Waals surface area contributed by atoms with Crippen LogP contribution < -0.4 is 0 Å². The van der Waals surface area contributed by atoms with E-state index < -0.39 is 54.2 Å². The van der Waals surface area contributed by atoms with Crippen LogP contribution in [0.4, 0.5) is 0 Å². The molecule has 130 valence electrons. The Balaban J connectivity index is 2.21. The summed E-state index contributed by atoms with van der Waals surface area (Å²) in [6.45, 7) is 3.61. The van der Waals surface area contributed by atoms with Gasteiger partial charge in [-0.25, -0.2) is 0 Å². The van der Waals surface area contributed by atoms with Crippen LogP contribution in [0.2, 0.25) is 0 Å². The van der Waals surface area contributed by atoms with Gasteiger partial charge >= 0.3 is 0 Å². The fourth-order valence-corrected chi connectivity index (χ4v) is 3.41. The summed E-state index contributed by atoms with van der Waals surface area (Å²) in [5.41, 5.74) is -0.748. The van der Waals surface area contributed by atoms with Gasteiger partial charge in [-0.2, -0.15) is 0 Å². The summed E-state index contributed by atoms with van der Waals surface area (Å²) < 4.78 is 16.0. The Bertz CT molecular complexity index is 376. The molecule has 8 nitrogen and oxygen atoms in total. The van der Waals surface area contributed by atoms with Crippen molar-refractivity contribution >= 4 is 0 Å². The van der Waals surface area contributed by atoms with E-state index in [0.717, 1.165) is 0 Å². The van der Waals surface area contributed by atoms with E-state index in [9.17, 15) is 25.5 Å². The maximum atomic E-state index is 10.2. The molecule has 0 aromatic rings. The van der Waals surface area contributed by atoms with Gasteiger partial charge in [0.05, 0.1) is 25.4 Å². The van der Waals surface area contributed by atoms with Crippen LogP contribution in [0.5, 0.6) is 0 Å². The zero-order valence-corrected chi connectivity index (χ0v) is 13.0. The van der Waals surface area contributed by atoms with Crippen molar-refractivity contribution in [1.29, 1.82) is 0 Å². The van der Waals surface area contributed by atoms with E-state index in [-0.39, 0.29) is 13.2 Å². The summed E-state index contributed by atoms with van der Waals surface area (Å²) in [6, 6.07) is 0. The molecule has 0 aromatic heterocycles. The maximum absolute atomic E-state index is 10.2. The number of hydrogen-bond acceptors (Lipinski definition) is 8. The number of aliphatic hydroxyl groups excluding tert-OH is 5. The molecule has 8 heteroatoms. The normalized spacial score (nSPS) is 47.5. The van der Waals surface area contributed by atoms with E-state index in [1.807, 2.05) is 0 Å².